The summed E-state index contributed by atoms with van der Waals surface area (Å²) in [6.45, 7) is 9.63. The van der Waals surface area contributed by atoms with Crippen molar-refractivity contribution in [2.75, 3.05) is 7.11 Å². The number of aliphatic hydroxyl groups is 2. The van der Waals surface area contributed by atoms with Gasteiger partial charge >= 0.3 is 5.97 Å². The lowest BCUT2D eigenvalue weighted by Crippen LogP contribution is -2.62. The predicted molar refractivity (Wildman–Crippen MR) is 155 cm³/mol. The van der Waals surface area contributed by atoms with Gasteiger partial charge in [-0.1, -0.05) is 52.3 Å². The van der Waals surface area contributed by atoms with Crippen molar-refractivity contribution in [2.24, 2.45) is 52.3 Å². The number of fused-ring (bicyclic) bond motifs is 5. The van der Waals surface area contributed by atoms with Crippen molar-refractivity contribution < 1.29 is 24.9 Å². The second-order valence-electron chi connectivity index (χ2n) is 14.0. The highest BCUT2D eigenvalue weighted by Crippen LogP contribution is 2.69. The van der Waals surface area contributed by atoms with Crippen LogP contribution in [0.25, 0.3) is 6.08 Å². The highest BCUT2D eigenvalue weighted by atomic mass is 16.5. The Morgan fingerprint density at radius 3 is 2.49 bits per heavy atom. The number of hydrogen-bond donors (Lipinski definition) is 3. The van der Waals surface area contributed by atoms with Crippen molar-refractivity contribution in [2.45, 2.75) is 97.7 Å². The number of carboxylic acid groups (broad SMARTS) is 1. The van der Waals surface area contributed by atoms with Crippen LogP contribution in [0.4, 0.5) is 0 Å². The summed E-state index contributed by atoms with van der Waals surface area (Å²) in [5, 5.41) is 32.1. The molecule has 4 fully saturated rings. The summed E-state index contributed by atoms with van der Waals surface area (Å²) in [5.41, 5.74) is 1.45. The second kappa shape index (κ2) is 10.9. The number of carbonyl (C=O) groups is 1. The first-order valence-electron chi connectivity index (χ1n) is 15.5. The molecule has 1 aromatic rings. The molecule has 39 heavy (non-hydrogen) atoms. The zero-order chi connectivity index (χ0) is 28.1. The molecule has 4 aliphatic carbocycles. The van der Waals surface area contributed by atoms with Crippen LogP contribution in [0.15, 0.2) is 24.3 Å². The first-order chi connectivity index (χ1) is 18.5. The third kappa shape index (κ3) is 4.76. The zero-order valence-corrected chi connectivity index (χ0v) is 24.6. The van der Waals surface area contributed by atoms with E-state index in [4.69, 9.17) is 4.74 Å². The van der Waals surface area contributed by atoms with Crippen molar-refractivity contribution >= 4 is 12.0 Å². The number of allylic oxidation sites excluding steroid dienone is 1. The molecule has 216 valence electrons. The first-order valence-corrected chi connectivity index (χ1v) is 15.5. The van der Waals surface area contributed by atoms with Gasteiger partial charge in [0.25, 0.3) is 0 Å². The number of hydrogen-bond acceptors (Lipinski definition) is 4. The molecule has 0 saturated heterocycles. The molecule has 3 N–H and O–H groups in total. The molecular formula is C34H50O5. The van der Waals surface area contributed by atoms with Gasteiger partial charge in [0.1, 0.15) is 5.75 Å². The van der Waals surface area contributed by atoms with Crippen LogP contribution in [-0.4, -0.2) is 40.6 Å². The Labute approximate surface area is 235 Å². The number of carboxylic acids is 1. The van der Waals surface area contributed by atoms with Gasteiger partial charge in [-0.05, 0) is 121 Å². The second-order valence-corrected chi connectivity index (χ2v) is 14.0. The van der Waals surface area contributed by atoms with Crippen LogP contribution >= 0.6 is 0 Å². The lowest BCUT2D eigenvalue weighted by Gasteiger charge is -2.64. The van der Waals surface area contributed by atoms with E-state index >= 15 is 0 Å². The highest BCUT2D eigenvalue weighted by molar-refractivity contribution is 5.92. The molecule has 0 radical (unpaired) electrons. The van der Waals surface area contributed by atoms with E-state index in [9.17, 15) is 20.1 Å². The third-order valence-electron chi connectivity index (χ3n) is 12.4. The van der Waals surface area contributed by atoms with Crippen LogP contribution in [0.1, 0.15) is 101 Å². The molecule has 6 unspecified atom stereocenters. The fourth-order valence-corrected chi connectivity index (χ4v) is 10.5. The molecule has 0 bridgehead atoms. The minimum Gasteiger partial charge on any atom is -0.497 e. The van der Waals surface area contributed by atoms with Crippen molar-refractivity contribution in [1.29, 1.82) is 0 Å². The van der Waals surface area contributed by atoms with Gasteiger partial charge in [-0.2, -0.15) is 0 Å². The number of aliphatic hydroxyl groups excluding tert-OH is 2. The quantitative estimate of drug-likeness (QED) is 0.346. The molecule has 0 spiro atoms. The van der Waals surface area contributed by atoms with Gasteiger partial charge in [0, 0.05) is 0 Å². The minimum atomic E-state index is -0.940. The number of methoxy groups -OCH3 is 1. The Hall–Kier alpha value is -1.85. The summed E-state index contributed by atoms with van der Waals surface area (Å²) in [7, 11) is 1.55. The fourth-order valence-electron chi connectivity index (χ4n) is 10.5. The normalized spacial score (nSPS) is 42.4. The summed E-state index contributed by atoms with van der Waals surface area (Å²) in [4.78, 5) is 11.8. The Kier molecular flexibility index (Phi) is 7.98. The molecule has 5 nitrogen and oxygen atoms in total. The van der Waals surface area contributed by atoms with E-state index in [-0.39, 0.29) is 28.6 Å². The maximum absolute atomic E-state index is 11.9. The van der Waals surface area contributed by atoms with Gasteiger partial charge in [-0.3, -0.25) is 0 Å². The molecule has 5 rings (SSSR count). The van der Waals surface area contributed by atoms with Crippen LogP contribution < -0.4 is 4.74 Å². The van der Waals surface area contributed by atoms with E-state index in [2.05, 4.69) is 33.8 Å². The third-order valence-corrected chi connectivity index (χ3v) is 12.4. The van der Waals surface area contributed by atoms with Crippen molar-refractivity contribution in [3.05, 3.63) is 35.4 Å². The summed E-state index contributed by atoms with van der Waals surface area (Å²) >= 11 is 0. The number of ether oxygens (including phenoxy) is 1. The Morgan fingerprint density at radius 1 is 1.08 bits per heavy atom. The monoisotopic (exact) mass is 538 g/mol. The molecule has 0 amide bonds. The largest absolute Gasteiger partial charge is 0.497 e. The van der Waals surface area contributed by atoms with Crippen LogP contribution in [0.5, 0.6) is 5.75 Å². The molecule has 4 aliphatic rings. The van der Waals surface area contributed by atoms with Gasteiger partial charge in [-0.15, -0.1) is 0 Å². The topological polar surface area (TPSA) is 87.0 Å². The van der Waals surface area contributed by atoms with Crippen molar-refractivity contribution in [3.8, 4) is 5.75 Å². The predicted octanol–water partition coefficient (Wildman–Crippen LogP) is 7.06. The van der Waals surface area contributed by atoms with Crippen LogP contribution in [0.2, 0.25) is 0 Å². The molecular weight excluding hydrogens is 488 g/mol. The lowest BCUT2D eigenvalue weighted by atomic mass is 9.41. The molecule has 1 aromatic carbocycles. The highest BCUT2D eigenvalue weighted by Gasteiger charge is 2.64. The van der Waals surface area contributed by atoms with Crippen molar-refractivity contribution in [1.82, 2.24) is 0 Å². The van der Waals surface area contributed by atoms with Gasteiger partial charge in [0.05, 0.1) is 24.9 Å². The van der Waals surface area contributed by atoms with E-state index in [1.54, 1.807) is 13.2 Å². The van der Waals surface area contributed by atoms with E-state index < -0.39 is 5.97 Å². The number of aromatic carboxylic acids is 1. The van der Waals surface area contributed by atoms with Gasteiger partial charge < -0.3 is 20.1 Å². The van der Waals surface area contributed by atoms with Crippen LogP contribution in [0, 0.1) is 52.3 Å². The Bertz CT molecular complexity index is 1080. The van der Waals surface area contributed by atoms with E-state index in [0.29, 0.717) is 52.7 Å². The number of benzene rings is 1. The summed E-state index contributed by atoms with van der Waals surface area (Å²) < 4.78 is 5.21. The molecule has 0 heterocycles. The van der Waals surface area contributed by atoms with Gasteiger partial charge in [-0.25, -0.2) is 4.79 Å². The van der Waals surface area contributed by atoms with E-state index in [0.717, 1.165) is 32.1 Å². The zero-order valence-electron chi connectivity index (χ0n) is 24.6. The molecule has 5 heteroatoms. The van der Waals surface area contributed by atoms with Crippen molar-refractivity contribution in [3.63, 3.8) is 0 Å². The fraction of sp³-hybridized carbons (Fsp3) is 0.735. The minimum absolute atomic E-state index is 0.205. The molecule has 0 aromatic heterocycles. The Balaban J connectivity index is 1.33. The average molecular weight is 539 g/mol. The molecule has 0 aliphatic heterocycles. The summed E-state index contributed by atoms with van der Waals surface area (Å²) in [5.74, 6) is 2.93. The first kappa shape index (κ1) is 28.7. The van der Waals surface area contributed by atoms with E-state index in [1.807, 2.05) is 18.2 Å². The van der Waals surface area contributed by atoms with E-state index in [1.165, 1.54) is 25.7 Å². The Morgan fingerprint density at radius 2 is 1.79 bits per heavy atom. The summed E-state index contributed by atoms with van der Waals surface area (Å²) in [6.07, 6.45) is 13.3. The smallest absolute Gasteiger partial charge is 0.336 e. The average Bonchev–Trinajstić information content (AvgIpc) is 3.27. The summed E-state index contributed by atoms with van der Waals surface area (Å²) in [6, 6.07) is 5.22. The molecule has 11 atom stereocenters. The maximum Gasteiger partial charge on any atom is 0.336 e. The lowest BCUT2D eigenvalue weighted by molar-refractivity contribution is -0.203. The standard InChI is InChI=1S/C34H50O5/c1-6-24-29-18-22(35)14-16-34(29,4)28-15-17-33(3)26(12-13-27(33)30(28)31(24)36)20(2)8-7-9-21-10-11-23(39-5)19-25(21)32(37)38/h7,9-11,19-20,22,24,26-31,35-36H,6,8,12-18H2,1-5H3,(H,37,38)/b9-7+/t20-,22-,24-,26-,27?,28?,29?,30?,31-,33?,34?/m1/s1. The molecule has 4 saturated carbocycles. The van der Waals surface area contributed by atoms with Crippen LogP contribution in [0.3, 0.4) is 0 Å². The number of rotatable bonds is 7. The van der Waals surface area contributed by atoms with Gasteiger partial charge in [0.15, 0.2) is 0 Å². The maximum atomic E-state index is 11.9. The van der Waals surface area contributed by atoms with Crippen LogP contribution in [-0.2, 0) is 0 Å². The van der Waals surface area contributed by atoms with Gasteiger partial charge in [0.2, 0.25) is 0 Å². The SMILES string of the molecule is CC[C@@H]1C2C[C@H](O)CCC2(C)C2CCC3(C)C(CC[C@@H]3[C@H](C)C/C=C/c3ccc(OC)cc3C(=O)O)C2[C@@H]1O.